The van der Waals surface area contributed by atoms with E-state index in [0.717, 1.165) is 17.1 Å². The predicted molar refractivity (Wildman–Crippen MR) is 76.3 cm³/mol. The van der Waals surface area contributed by atoms with E-state index in [2.05, 4.69) is 0 Å². The summed E-state index contributed by atoms with van der Waals surface area (Å²) in [7, 11) is 1.78. The van der Waals surface area contributed by atoms with Crippen LogP contribution in [0, 0.1) is 5.41 Å². The molecule has 0 aromatic heterocycles. The summed E-state index contributed by atoms with van der Waals surface area (Å²) < 4.78 is 5.85. The Labute approximate surface area is 112 Å². The highest BCUT2D eigenvalue weighted by Gasteiger charge is 2.07. The average molecular weight is 255 g/mol. The summed E-state index contributed by atoms with van der Waals surface area (Å²) in [6.07, 6.45) is 0. The van der Waals surface area contributed by atoms with Gasteiger partial charge in [0.2, 0.25) is 0 Å². The molecular weight excluding hydrogens is 238 g/mol. The summed E-state index contributed by atoms with van der Waals surface area (Å²) in [5.74, 6) is 1.61. The predicted octanol–water partition coefficient (Wildman–Crippen LogP) is 2.80. The first-order valence-corrected chi connectivity index (χ1v) is 6.03. The molecule has 2 aromatic carbocycles. The zero-order valence-electron chi connectivity index (χ0n) is 10.8. The van der Waals surface area contributed by atoms with Crippen LogP contribution in [0.4, 0.5) is 0 Å². The lowest BCUT2D eigenvalue weighted by molar-refractivity contribution is 0.445. The third kappa shape index (κ3) is 3.48. The minimum atomic E-state index is 0.0366. The molecule has 0 spiro atoms. The van der Waals surface area contributed by atoms with Crippen LogP contribution in [-0.4, -0.2) is 17.9 Å². The van der Waals surface area contributed by atoms with Gasteiger partial charge in [-0.1, -0.05) is 36.4 Å². The molecule has 0 atom stereocenters. The van der Waals surface area contributed by atoms with Crippen LogP contribution in [0.25, 0.3) is 0 Å². The van der Waals surface area contributed by atoms with Gasteiger partial charge >= 0.3 is 0 Å². The topological polar surface area (TPSA) is 62.3 Å². The molecule has 3 N–H and O–H groups in total. The zero-order chi connectivity index (χ0) is 13.7. The molecule has 2 rings (SSSR count). The van der Waals surface area contributed by atoms with Gasteiger partial charge in [0.25, 0.3) is 0 Å². The Morgan fingerprint density at radius 1 is 1.11 bits per heavy atom. The van der Waals surface area contributed by atoms with Gasteiger partial charge in [-0.25, -0.2) is 0 Å². The van der Waals surface area contributed by atoms with Gasteiger partial charge in [-0.2, -0.15) is 0 Å². The quantitative estimate of drug-likeness (QED) is 0.652. The van der Waals surface area contributed by atoms with E-state index in [0.29, 0.717) is 6.54 Å². The molecule has 4 nitrogen and oxygen atoms in total. The van der Waals surface area contributed by atoms with Crippen LogP contribution in [0.1, 0.15) is 5.56 Å². The van der Waals surface area contributed by atoms with Crippen LogP contribution in [-0.2, 0) is 6.54 Å². The minimum Gasteiger partial charge on any atom is -0.457 e. The molecule has 19 heavy (non-hydrogen) atoms. The highest BCUT2D eigenvalue weighted by Crippen LogP contribution is 2.25. The van der Waals surface area contributed by atoms with Crippen LogP contribution in [0.5, 0.6) is 11.5 Å². The molecule has 0 saturated heterocycles. The van der Waals surface area contributed by atoms with Crippen LogP contribution in [0.3, 0.4) is 0 Å². The number of hydrogen-bond donors (Lipinski definition) is 2. The fraction of sp³-hybridized carbons (Fsp3) is 0.133. The highest BCUT2D eigenvalue weighted by molar-refractivity contribution is 5.74. The maximum absolute atomic E-state index is 7.40. The molecule has 2 aromatic rings. The molecule has 98 valence electrons. The molecule has 0 fully saturated rings. The van der Waals surface area contributed by atoms with Gasteiger partial charge in [0, 0.05) is 19.2 Å². The maximum Gasteiger partial charge on any atom is 0.188 e. The number of nitrogens with zero attached hydrogens (tertiary/aromatic N) is 1. The lowest BCUT2D eigenvalue weighted by Crippen LogP contribution is -2.32. The maximum atomic E-state index is 7.40. The molecule has 0 saturated carbocycles. The third-order valence-corrected chi connectivity index (χ3v) is 2.76. The third-order valence-electron chi connectivity index (χ3n) is 2.76. The van der Waals surface area contributed by atoms with Gasteiger partial charge in [0.15, 0.2) is 5.96 Å². The van der Waals surface area contributed by atoms with E-state index in [1.165, 1.54) is 0 Å². The summed E-state index contributed by atoms with van der Waals surface area (Å²) in [5.41, 5.74) is 6.44. The molecule has 0 unspecified atom stereocenters. The van der Waals surface area contributed by atoms with E-state index in [1.54, 1.807) is 11.9 Å². The second kappa shape index (κ2) is 5.91. The second-order valence-electron chi connectivity index (χ2n) is 4.26. The molecular formula is C15H17N3O. The van der Waals surface area contributed by atoms with E-state index in [1.807, 2.05) is 54.6 Å². The Bertz CT molecular complexity index is 554. The van der Waals surface area contributed by atoms with Crippen molar-refractivity contribution in [2.24, 2.45) is 5.73 Å². The van der Waals surface area contributed by atoms with Gasteiger partial charge in [-0.3, -0.25) is 5.41 Å². The summed E-state index contributed by atoms with van der Waals surface area (Å²) in [4.78, 5) is 1.66. The first-order chi connectivity index (χ1) is 9.16. The number of para-hydroxylation sites is 2. The van der Waals surface area contributed by atoms with Crippen molar-refractivity contribution in [1.82, 2.24) is 4.90 Å². The Balaban J connectivity index is 2.19. The standard InChI is InChI=1S/C15H17N3O/c1-18(15(16)17)11-12-7-5-6-10-14(12)19-13-8-3-2-4-9-13/h2-10H,11H2,1H3,(H3,16,17). The fourth-order valence-corrected chi connectivity index (χ4v) is 1.69. The van der Waals surface area contributed by atoms with Crippen LogP contribution >= 0.6 is 0 Å². The molecule has 0 aliphatic rings. The second-order valence-corrected chi connectivity index (χ2v) is 4.26. The molecule has 0 amide bonds. The lowest BCUT2D eigenvalue weighted by Gasteiger charge is -2.18. The van der Waals surface area contributed by atoms with Crippen molar-refractivity contribution in [2.75, 3.05) is 7.05 Å². The van der Waals surface area contributed by atoms with Gasteiger partial charge in [-0.15, -0.1) is 0 Å². The average Bonchev–Trinajstić information content (AvgIpc) is 2.42. The number of guanidine groups is 1. The molecule has 0 bridgehead atoms. The van der Waals surface area contributed by atoms with E-state index >= 15 is 0 Å². The summed E-state index contributed by atoms with van der Waals surface area (Å²) in [6.45, 7) is 0.540. The highest BCUT2D eigenvalue weighted by atomic mass is 16.5. The first kappa shape index (κ1) is 13.0. The largest absolute Gasteiger partial charge is 0.457 e. The van der Waals surface area contributed by atoms with Crippen molar-refractivity contribution < 1.29 is 4.74 Å². The Morgan fingerprint density at radius 3 is 2.42 bits per heavy atom. The van der Waals surface area contributed by atoms with Crippen LogP contribution < -0.4 is 10.5 Å². The summed E-state index contributed by atoms with van der Waals surface area (Å²) >= 11 is 0. The van der Waals surface area contributed by atoms with Gasteiger partial charge in [0.1, 0.15) is 11.5 Å². The van der Waals surface area contributed by atoms with Crippen LogP contribution in [0.15, 0.2) is 54.6 Å². The lowest BCUT2D eigenvalue weighted by atomic mass is 10.2. The van der Waals surface area contributed by atoms with Crippen molar-refractivity contribution in [2.45, 2.75) is 6.54 Å². The SMILES string of the molecule is CN(Cc1ccccc1Oc1ccccc1)C(=N)N. The van der Waals surface area contributed by atoms with Crippen molar-refractivity contribution in [3.63, 3.8) is 0 Å². The Morgan fingerprint density at radius 2 is 1.74 bits per heavy atom. The van der Waals surface area contributed by atoms with Crippen molar-refractivity contribution in [3.8, 4) is 11.5 Å². The van der Waals surface area contributed by atoms with Crippen molar-refractivity contribution in [3.05, 3.63) is 60.2 Å². The number of nitrogens with one attached hydrogen (secondary N) is 1. The normalized spacial score (nSPS) is 9.95. The number of rotatable bonds is 4. The van der Waals surface area contributed by atoms with E-state index < -0.39 is 0 Å². The Hall–Kier alpha value is -2.49. The fourth-order valence-electron chi connectivity index (χ4n) is 1.69. The van der Waals surface area contributed by atoms with Crippen molar-refractivity contribution >= 4 is 5.96 Å². The monoisotopic (exact) mass is 255 g/mol. The van der Waals surface area contributed by atoms with E-state index in [9.17, 15) is 0 Å². The number of nitrogens with two attached hydrogens (primary N) is 1. The first-order valence-electron chi connectivity index (χ1n) is 6.03. The number of ether oxygens (including phenoxy) is 1. The molecule has 0 heterocycles. The number of hydrogen-bond acceptors (Lipinski definition) is 2. The van der Waals surface area contributed by atoms with E-state index in [4.69, 9.17) is 15.9 Å². The zero-order valence-corrected chi connectivity index (χ0v) is 10.8. The summed E-state index contributed by atoms with van der Waals surface area (Å²) in [5, 5.41) is 7.40. The van der Waals surface area contributed by atoms with E-state index in [-0.39, 0.29) is 5.96 Å². The van der Waals surface area contributed by atoms with Crippen LogP contribution in [0.2, 0.25) is 0 Å². The summed E-state index contributed by atoms with van der Waals surface area (Å²) in [6, 6.07) is 17.4. The smallest absolute Gasteiger partial charge is 0.188 e. The van der Waals surface area contributed by atoms with Gasteiger partial charge in [-0.05, 0) is 18.2 Å². The minimum absolute atomic E-state index is 0.0366. The van der Waals surface area contributed by atoms with Crippen molar-refractivity contribution in [1.29, 1.82) is 5.41 Å². The molecule has 0 radical (unpaired) electrons. The molecule has 0 aliphatic carbocycles. The molecule has 0 aliphatic heterocycles. The number of benzene rings is 2. The van der Waals surface area contributed by atoms with Gasteiger partial charge in [0.05, 0.1) is 0 Å². The van der Waals surface area contributed by atoms with Gasteiger partial charge < -0.3 is 15.4 Å². The Kier molecular flexibility index (Phi) is 4.03. The molecule has 4 heteroatoms.